The molecule has 130 valence electrons. The molecular weight excluding hydrogens is 394 g/mol. The molecule has 0 atom stereocenters. The second-order valence-electron chi connectivity index (χ2n) is 5.57. The van der Waals surface area contributed by atoms with E-state index in [-0.39, 0.29) is 10.8 Å². The Morgan fingerprint density at radius 1 is 1.33 bits per heavy atom. The number of nitrogens with one attached hydrogen (secondary N) is 1. The van der Waals surface area contributed by atoms with Crippen molar-refractivity contribution in [2.24, 2.45) is 0 Å². The lowest BCUT2D eigenvalue weighted by atomic mass is 10.1. The minimum absolute atomic E-state index is 0.176. The summed E-state index contributed by atoms with van der Waals surface area (Å²) in [6, 6.07) is 5.11. The van der Waals surface area contributed by atoms with Gasteiger partial charge in [0, 0.05) is 29.3 Å². The molecule has 0 amide bonds. The zero-order valence-corrected chi connectivity index (χ0v) is 16.1. The first-order valence-electron chi connectivity index (χ1n) is 7.24. The summed E-state index contributed by atoms with van der Waals surface area (Å²) in [5.41, 5.74) is 7.71. The summed E-state index contributed by atoms with van der Waals surface area (Å²) in [6.07, 6.45) is 1.59. The van der Waals surface area contributed by atoms with E-state index in [1.54, 1.807) is 25.3 Å². The van der Waals surface area contributed by atoms with Gasteiger partial charge in [0.2, 0.25) is 16.0 Å². The van der Waals surface area contributed by atoms with Crippen molar-refractivity contribution in [3.05, 3.63) is 34.6 Å². The van der Waals surface area contributed by atoms with E-state index in [1.165, 1.54) is 0 Å². The lowest BCUT2D eigenvalue weighted by Crippen LogP contribution is -2.31. The summed E-state index contributed by atoms with van der Waals surface area (Å²) >= 11 is 3.31. The van der Waals surface area contributed by atoms with Crippen molar-refractivity contribution in [2.75, 3.05) is 32.9 Å². The second kappa shape index (κ2) is 7.56. The zero-order chi connectivity index (χ0) is 17.9. The number of nitrogens with two attached hydrogens (primary N) is 1. The molecule has 0 bridgehead atoms. The highest BCUT2D eigenvalue weighted by atomic mass is 79.9. The van der Waals surface area contributed by atoms with Gasteiger partial charge in [-0.1, -0.05) is 6.07 Å². The third kappa shape index (κ3) is 4.50. The highest BCUT2D eigenvalue weighted by Crippen LogP contribution is 2.29. The zero-order valence-electron chi connectivity index (χ0n) is 13.7. The van der Waals surface area contributed by atoms with Gasteiger partial charge in [-0.15, -0.1) is 0 Å². The SMILES string of the molecule is Cc1nc(N)ncc1-c1ccc(Br)c(S(=O)(=O)NCCN(C)C)c1. The topological polar surface area (TPSA) is 101 Å². The number of aromatic nitrogens is 2. The third-order valence-electron chi connectivity index (χ3n) is 3.38. The monoisotopic (exact) mass is 413 g/mol. The molecule has 0 spiro atoms. The Bertz CT molecular complexity index is 840. The molecule has 1 aromatic carbocycles. The molecule has 0 unspecified atom stereocenters. The number of benzene rings is 1. The first-order valence-corrected chi connectivity index (χ1v) is 9.52. The van der Waals surface area contributed by atoms with Crippen molar-refractivity contribution in [2.45, 2.75) is 11.8 Å². The van der Waals surface area contributed by atoms with Crippen molar-refractivity contribution < 1.29 is 8.42 Å². The lowest BCUT2D eigenvalue weighted by Gasteiger charge is -2.13. The van der Waals surface area contributed by atoms with Gasteiger partial charge in [-0.25, -0.2) is 23.1 Å². The van der Waals surface area contributed by atoms with E-state index in [1.807, 2.05) is 25.1 Å². The van der Waals surface area contributed by atoms with Gasteiger partial charge in [0.15, 0.2) is 0 Å². The van der Waals surface area contributed by atoms with E-state index in [0.717, 1.165) is 5.56 Å². The standard InChI is InChI=1S/C15H20BrN5O2S/c1-10-12(9-18-15(17)20-10)11-4-5-13(16)14(8-11)24(22,23)19-6-7-21(2)3/h4-5,8-9,19H,6-7H2,1-3H3,(H2,17,18,20). The van der Waals surface area contributed by atoms with Crippen molar-refractivity contribution in [3.63, 3.8) is 0 Å². The van der Waals surface area contributed by atoms with E-state index in [9.17, 15) is 8.42 Å². The highest BCUT2D eigenvalue weighted by molar-refractivity contribution is 9.10. The number of aryl methyl sites for hydroxylation is 1. The number of hydrogen-bond acceptors (Lipinski definition) is 6. The Morgan fingerprint density at radius 3 is 2.67 bits per heavy atom. The van der Waals surface area contributed by atoms with E-state index in [0.29, 0.717) is 28.8 Å². The van der Waals surface area contributed by atoms with Crippen LogP contribution >= 0.6 is 15.9 Å². The van der Waals surface area contributed by atoms with Gasteiger partial charge in [0.1, 0.15) is 0 Å². The fourth-order valence-electron chi connectivity index (χ4n) is 2.13. The number of sulfonamides is 1. The van der Waals surface area contributed by atoms with Crippen molar-refractivity contribution in [1.82, 2.24) is 19.6 Å². The van der Waals surface area contributed by atoms with Crippen molar-refractivity contribution in [1.29, 1.82) is 0 Å². The predicted molar refractivity (Wildman–Crippen MR) is 98.1 cm³/mol. The van der Waals surface area contributed by atoms with Gasteiger partial charge < -0.3 is 10.6 Å². The van der Waals surface area contributed by atoms with Crippen molar-refractivity contribution in [3.8, 4) is 11.1 Å². The van der Waals surface area contributed by atoms with Crippen LogP contribution in [0.25, 0.3) is 11.1 Å². The number of hydrogen-bond donors (Lipinski definition) is 2. The van der Waals surface area contributed by atoms with Gasteiger partial charge >= 0.3 is 0 Å². The van der Waals surface area contributed by atoms with Gasteiger partial charge in [0.25, 0.3) is 0 Å². The Balaban J connectivity index is 2.38. The van der Waals surface area contributed by atoms with E-state index in [2.05, 4.69) is 30.6 Å². The maximum atomic E-state index is 12.5. The van der Waals surface area contributed by atoms with Gasteiger partial charge in [-0.3, -0.25) is 0 Å². The van der Waals surface area contributed by atoms with Crippen LogP contribution in [0.3, 0.4) is 0 Å². The molecular formula is C15H20BrN5O2S. The highest BCUT2D eigenvalue weighted by Gasteiger charge is 2.19. The summed E-state index contributed by atoms with van der Waals surface area (Å²) in [7, 11) is 0.140. The van der Waals surface area contributed by atoms with Crippen LogP contribution in [0.1, 0.15) is 5.69 Å². The molecule has 0 aliphatic rings. The second-order valence-corrected chi connectivity index (χ2v) is 8.16. The number of halogens is 1. The van der Waals surface area contributed by atoms with E-state index >= 15 is 0 Å². The van der Waals surface area contributed by atoms with Crippen molar-refractivity contribution >= 4 is 31.9 Å². The van der Waals surface area contributed by atoms with Crippen LogP contribution in [0.5, 0.6) is 0 Å². The maximum absolute atomic E-state index is 12.5. The van der Waals surface area contributed by atoms with Gasteiger partial charge in [0.05, 0.1) is 10.6 Å². The molecule has 1 heterocycles. The lowest BCUT2D eigenvalue weighted by molar-refractivity contribution is 0.412. The van der Waals surface area contributed by atoms with Gasteiger partial charge in [-0.2, -0.15) is 0 Å². The largest absolute Gasteiger partial charge is 0.368 e. The molecule has 2 rings (SSSR count). The Labute approximate surface area is 150 Å². The van der Waals surface area contributed by atoms with E-state index in [4.69, 9.17) is 5.73 Å². The molecule has 0 radical (unpaired) electrons. The molecule has 0 saturated heterocycles. The molecule has 0 fully saturated rings. The Hall–Kier alpha value is -1.55. The van der Waals surface area contributed by atoms with Crippen LogP contribution in [-0.4, -0.2) is 50.5 Å². The normalized spacial score (nSPS) is 11.9. The Morgan fingerprint density at radius 2 is 2.04 bits per heavy atom. The summed E-state index contributed by atoms with van der Waals surface area (Å²) in [5, 5.41) is 0. The third-order valence-corrected chi connectivity index (χ3v) is 5.84. The number of likely N-dealkylation sites (N-methyl/N-ethyl adjacent to an activating group) is 1. The van der Waals surface area contributed by atoms with Crippen LogP contribution in [0.2, 0.25) is 0 Å². The number of nitrogen functional groups attached to an aromatic ring is 1. The average Bonchev–Trinajstić information content (AvgIpc) is 2.47. The smallest absolute Gasteiger partial charge is 0.241 e. The van der Waals surface area contributed by atoms with Crippen LogP contribution < -0.4 is 10.5 Å². The first-order chi connectivity index (χ1) is 11.2. The molecule has 2 aromatic rings. The Kier molecular flexibility index (Phi) is 5.92. The van der Waals surface area contributed by atoms with Crippen LogP contribution in [0, 0.1) is 6.92 Å². The predicted octanol–water partition coefficient (Wildman–Crippen LogP) is 1.64. The maximum Gasteiger partial charge on any atom is 0.241 e. The molecule has 0 aliphatic carbocycles. The summed E-state index contributed by atoms with van der Waals surface area (Å²) in [4.78, 5) is 10.2. The number of anilines is 1. The van der Waals surface area contributed by atoms with Crippen LogP contribution in [0.4, 0.5) is 5.95 Å². The summed E-state index contributed by atoms with van der Waals surface area (Å²) in [6.45, 7) is 2.75. The van der Waals surface area contributed by atoms with Crippen LogP contribution in [-0.2, 0) is 10.0 Å². The molecule has 3 N–H and O–H groups in total. The molecule has 9 heteroatoms. The van der Waals surface area contributed by atoms with Gasteiger partial charge in [-0.05, 0) is 54.6 Å². The molecule has 1 aromatic heterocycles. The minimum atomic E-state index is -3.63. The minimum Gasteiger partial charge on any atom is -0.368 e. The molecule has 24 heavy (non-hydrogen) atoms. The summed E-state index contributed by atoms with van der Waals surface area (Å²) in [5.74, 6) is 0.187. The fourth-order valence-corrected chi connectivity index (χ4v) is 4.13. The fraction of sp³-hybridized carbons (Fsp3) is 0.333. The number of nitrogens with zero attached hydrogens (tertiary/aromatic N) is 3. The molecule has 0 aliphatic heterocycles. The molecule has 7 nitrogen and oxygen atoms in total. The average molecular weight is 414 g/mol. The summed E-state index contributed by atoms with van der Waals surface area (Å²) < 4.78 is 28.2. The molecule has 0 saturated carbocycles. The first kappa shape index (κ1) is 18.8. The van der Waals surface area contributed by atoms with Crippen LogP contribution in [0.15, 0.2) is 33.8 Å². The number of rotatable bonds is 6. The quantitative estimate of drug-likeness (QED) is 0.745. The van der Waals surface area contributed by atoms with E-state index < -0.39 is 10.0 Å².